The van der Waals surface area contributed by atoms with Crippen LogP contribution < -0.4 is 0 Å². The number of non-ortho nitro benzene ring substituents is 1. The molecule has 1 aliphatic carbocycles. The van der Waals surface area contributed by atoms with E-state index in [4.69, 9.17) is 11.6 Å². The molecule has 0 N–H and O–H groups in total. The zero-order chi connectivity index (χ0) is 18.0. The minimum absolute atomic E-state index is 0.114. The van der Waals surface area contributed by atoms with Crippen LogP contribution in [0.15, 0.2) is 23.1 Å². The highest BCUT2D eigenvalue weighted by Crippen LogP contribution is 2.36. The van der Waals surface area contributed by atoms with Crippen molar-refractivity contribution in [2.24, 2.45) is 5.92 Å². The van der Waals surface area contributed by atoms with Gasteiger partial charge in [-0.3, -0.25) is 24.6 Å². The number of carbonyl (C=O) groups excluding carboxylic acids is 2. The van der Waals surface area contributed by atoms with Crippen molar-refractivity contribution in [3.8, 4) is 0 Å². The third kappa shape index (κ3) is 4.04. The highest BCUT2D eigenvalue weighted by atomic mass is 35.5. The lowest BCUT2D eigenvalue weighted by atomic mass is 9.89. The summed E-state index contributed by atoms with van der Waals surface area (Å²) in [6.45, 7) is 0.449. The predicted molar refractivity (Wildman–Crippen MR) is 97.4 cm³/mol. The van der Waals surface area contributed by atoms with Crippen LogP contribution in [0, 0.1) is 16.0 Å². The zero-order valence-electron chi connectivity index (χ0n) is 13.4. The van der Waals surface area contributed by atoms with Gasteiger partial charge >= 0.3 is 0 Å². The van der Waals surface area contributed by atoms with E-state index in [1.54, 1.807) is 0 Å². The van der Waals surface area contributed by atoms with E-state index in [0.29, 0.717) is 23.0 Å². The van der Waals surface area contributed by atoms with Gasteiger partial charge < -0.3 is 0 Å². The number of imide groups is 1. The summed E-state index contributed by atoms with van der Waals surface area (Å²) < 4.78 is 0. The number of amides is 2. The highest BCUT2D eigenvalue weighted by molar-refractivity contribution is 8.18. The van der Waals surface area contributed by atoms with Crippen molar-refractivity contribution in [3.05, 3.63) is 43.8 Å². The predicted octanol–water partition coefficient (Wildman–Crippen LogP) is 4.86. The van der Waals surface area contributed by atoms with E-state index in [1.807, 2.05) is 0 Å². The Morgan fingerprint density at radius 1 is 1.28 bits per heavy atom. The molecule has 1 aliphatic heterocycles. The quantitative estimate of drug-likeness (QED) is 0.423. The van der Waals surface area contributed by atoms with Crippen LogP contribution in [0.3, 0.4) is 0 Å². The molecule has 132 valence electrons. The largest absolute Gasteiger partial charge is 0.293 e. The maximum atomic E-state index is 12.6. The first-order chi connectivity index (χ1) is 12.0. The van der Waals surface area contributed by atoms with Crippen molar-refractivity contribution in [2.75, 3.05) is 6.54 Å². The molecule has 2 fully saturated rings. The molecule has 25 heavy (non-hydrogen) atoms. The number of halogens is 1. The number of nitro benzene ring substituents is 1. The molecular weight excluding hydrogens is 364 g/mol. The van der Waals surface area contributed by atoms with Crippen molar-refractivity contribution >= 4 is 46.3 Å². The standard InChI is InChI=1S/C17H17ClN2O4S/c18-14-7-6-13(20(23)24)8-12(14)9-15-16(21)19(17(22)25-15)10-11-4-2-1-3-5-11/h6-9,11H,1-5,10H2/b15-9+. The lowest BCUT2D eigenvalue weighted by Gasteiger charge is -2.25. The van der Waals surface area contributed by atoms with E-state index >= 15 is 0 Å². The minimum Gasteiger partial charge on any atom is -0.268 e. The molecular formula is C17H17ClN2O4S. The van der Waals surface area contributed by atoms with Gasteiger partial charge in [-0.05, 0) is 42.7 Å². The van der Waals surface area contributed by atoms with Gasteiger partial charge in [-0.15, -0.1) is 0 Å². The van der Waals surface area contributed by atoms with E-state index in [0.717, 1.165) is 37.4 Å². The van der Waals surface area contributed by atoms with Crippen molar-refractivity contribution < 1.29 is 14.5 Å². The first-order valence-corrected chi connectivity index (χ1v) is 9.34. The molecule has 1 saturated heterocycles. The van der Waals surface area contributed by atoms with Crippen LogP contribution >= 0.6 is 23.4 Å². The monoisotopic (exact) mass is 380 g/mol. The Balaban J connectivity index is 1.80. The fourth-order valence-corrected chi connectivity index (χ4v) is 4.19. The van der Waals surface area contributed by atoms with E-state index in [-0.39, 0.29) is 21.7 Å². The van der Waals surface area contributed by atoms with Gasteiger partial charge in [0.1, 0.15) is 0 Å². The van der Waals surface area contributed by atoms with Crippen molar-refractivity contribution in [3.63, 3.8) is 0 Å². The number of hydrogen-bond acceptors (Lipinski definition) is 5. The van der Waals surface area contributed by atoms with Gasteiger partial charge in [-0.1, -0.05) is 30.9 Å². The van der Waals surface area contributed by atoms with Gasteiger partial charge in [0.05, 0.1) is 9.83 Å². The number of rotatable bonds is 4. The Bertz CT molecular complexity index is 759. The fourth-order valence-electron chi connectivity index (χ4n) is 3.18. The first kappa shape index (κ1) is 17.9. The Morgan fingerprint density at radius 2 is 2.00 bits per heavy atom. The average molecular weight is 381 g/mol. The van der Waals surface area contributed by atoms with Crippen LogP contribution in [0.4, 0.5) is 10.5 Å². The smallest absolute Gasteiger partial charge is 0.268 e. The average Bonchev–Trinajstić information content (AvgIpc) is 2.85. The van der Waals surface area contributed by atoms with Crippen LogP contribution in [-0.2, 0) is 4.79 Å². The summed E-state index contributed by atoms with van der Waals surface area (Å²) in [6, 6.07) is 4.02. The molecule has 1 aromatic rings. The van der Waals surface area contributed by atoms with Crippen molar-refractivity contribution in [1.82, 2.24) is 4.90 Å². The summed E-state index contributed by atoms with van der Waals surface area (Å²) in [5.41, 5.74) is 0.246. The van der Waals surface area contributed by atoms with Crippen molar-refractivity contribution in [2.45, 2.75) is 32.1 Å². The third-order valence-corrected chi connectivity index (χ3v) is 5.77. The van der Waals surface area contributed by atoms with Gasteiger partial charge in [0.2, 0.25) is 0 Å². The Kier molecular flexibility index (Phi) is 5.44. The van der Waals surface area contributed by atoms with Gasteiger partial charge in [0, 0.05) is 29.3 Å². The molecule has 2 amide bonds. The first-order valence-electron chi connectivity index (χ1n) is 8.15. The summed E-state index contributed by atoms with van der Waals surface area (Å²) in [7, 11) is 0. The SMILES string of the molecule is O=C1S/C(=C/c2cc([N+](=O)[O-])ccc2Cl)C(=O)N1CC1CCCCC1. The highest BCUT2D eigenvalue weighted by Gasteiger charge is 2.36. The summed E-state index contributed by atoms with van der Waals surface area (Å²) in [5, 5.41) is 10.9. The topological polar surface area (TPSA) is 80.5 Å². The molecule has 3 rings (SSSR count). The van der Waals surface area contributed by atoms with Gasteiger partial charge in [0.15, 0.2) is 0 Å². The number of hydrogen-bond donors (Lipinski definition) is 0. The number of nitrogens with zero attached hydrogens (tertiary/aromatic N) is 2. The Hall–Kier alpha value is -1.86. The van der Waals surface area contributed by atoms with Crippen LogP contribution in [0.25, 0.3) is 6.08 Å². The molecule has 0 unspecified atom stereocenters. The summed E-state index contributed by atoms with van der Waals surface area (Å²) in [4.78, 5) is 36.7. The minimum atomic E-state index is -0.525. The summed E-state index contributed by atoms with van der Waals surface area (Å²) in [5.74, 6) is 0.0196. The summed E-state index contributed by atoms with van der Waals surface area (Å²) in [6.07, 6.45) is 7.03. The molecule has 2 aliphatic rings. The molecule has 1 saturated carbocycles. The maximum Gasteiger partial charge on any atom is 0.293 e. The number of nitro groups is 1. The molecule has 0 atom stereocenters. The Labute approximate surface area is 154 Å². The van der Waals surface area contributed by atoms with E-state index < -0.39 is 4.92 Å². The molecule has 6 nitrogen and oxygen atoms in total. The second-order valence-corrected chi connectivity index (χ2v) is 7.66. The normalized spacial score (nSPS) is 20.5. The van der Waals surface area contributed by atoms with Crippen LogP contribution in [-0.4, -0.2) is 27.5 Å². The van der Waals surface area contributed by atoms with Crippen LogP contribution in [0.1, 0.15) is 37.7 Å². The maximum absolute atomic E-state index is 12.6. The number of carbonyl (C=O) groups is 2. The number of thioether (sulfide) groups is 1. The van der Waals surface area contributed by atoms with Gasteiger partial charge in [-0.2, -0.15) is 0 Å². The molecule has 0 spiro atoms. The molecule has 0 bridgehead atoms. The van der Waals surface area contributed by atoms with Crippen LogP contribution in [0.5, 0.6) is 0 Å². The second kappa shape index (κ2) is 7.58. The zero-order valence-corrected chi connectivity index (χ0v) is 15.0. The van der Waals surface area contributed by atoms with E-state index in [9.17, 15) is 19.7 Å². The lowest BCUT2D eigenvalue weighted by molar-refractivity contribution is -0.384. The van der Waals surface area contributed by atoms with E-state index in [1.165, 1.54) is 35.6 Å². The lowest BCUT2D eigenvalue weighted by Crippen LogP contribution is -2.34. The molecule has 0 aromatic heterocycles. The van der Waals surface area contributed by atoms with Gasteiger partial charge in [0.25, 0.3) is 16.8 Å². The van der Waals surface area contributed by atoms with Gasteiger partial charge in [-0.25, -0.2) is 0 Å². The van der Waals surface area contributed by atoms with E-state index in [2.05, 4.69) is 0 Å². The molecule has 8 heteroatoms. The number of benzene rings is 1. The van der Waals surface area contributed by atoms with Crippen molar-refractivity contribution in [1.29, 1.82) is 0 Å². The molecule has 1 aromatic carbocycles. The third-order valence-electron chi connectivity index (χ3n) is 4.52. The van der Waals surface area contributed by atoms with Crippen LogP contribution in [0.2, 0.25) is 5.02 Å². The second-order valence-electron chi connectivity index (χ2n) is 6.26. The molecule has 1 heterocycles. The molecule has 0 radical (unpaired) electrons. The Morgan fingerprint density at radius 3 is 2.68 bits per heavy atom. The fraction of sp³-hybridized carbons (Fsp3) is 0.412. The summed E-state index contributed by atoms with van der Waals surface area (Å²) >= 11 is 6.93.